The van der Waals surface area contributed by atoms with Gasteiger partial charge in [0.2, 0.25) is 0 Å². The van der Waals surface area contributed by atoms with E-state index in [1.807, 2.05) is 13.1 Å². The molecule has 0 aliphatic carbocycles. The van der Waals surface area contributed by atoms with E-state index in [1.54, 1.807) is 0 Å². The molecule has 1 aliphatic heterocycles. The van der Waals surface area contributed by atoms with E-state index in [4.69, 9.17) is 10.7 Å². The van der Waals surface area contributed by atoms with E-state index < -0.39 is 0 Å². The maximum atomic E-state index is 5.58. The first-order valence-corrected chi connectivity index (χ1v) is 12.2. The van der Waals surface area contributed by atoms with Gasteiger partial charge in [-0.2, -0.15) is 0 Å². The van der Waals surface area contributed by atoms with E-state index in [1.165, 1.54) is 16.7 Å². The van der Waals surface area contributed by atoms with Gasteiger partial charge >= 0.3 is 0 Å². The van der Waals surface area contributed by atoms with Gasteiger partial charge in [0.05, 0.1) is 18.1 Å². The van der Waals surface area contributed by atoms with Crippen molar-refractivity contribution in [1.29, 1.82) is 0 Å². The molecule has 2 aromatic carbocycles. The fraction of sp³-hybridized carbons (Fsp3) is 0.310. The van der Waals surface area contributed by atoms with Gasteiger partial charge in [0.25, 0.3) is 0 Å². The topological polar surface area (TPSA) is 69.8 Å². The fourth-order valence-electron chi connectivity index (χ4n) is 4.15. The first kappa shape index (κ1) is 24.6. The number of likely N-dealkylation sites (N-methyl/N-ethyl adjacent to an activating group) is 1. The van der Waals surface area contributed by atoms with Gasteiger partial charge in [0.1, 0.15) is 0 Å². The van der Waals surface area contributed by atoms with Gasteiger partial charge in [-0.3, -0.25) is 14.9 Å². The van der Waals surface area contributed by atoms with Crippen molar-refractivity contribution in [2.45, 2.75) is 19.9 Å². The molecular formula is C29H36N6. The number of amidine groups is 1. The molecule has 0 unspecified atom stereocenters. The SMILES string of the molecule is C=C(N)C/N=C(/C)Nc1ccc(Cc2ccc(-c3ccc(CN4CCN(C)CC4)nc3)cc2)cc1. The maximum absolute atomic E-state index is 5.58. The number of hydrogen-bond donors (Lipinski definition) is 2. The molecule has 6 nitrogen and oxygen atoms in total. The molecule has 2 heterocycles. The van der Waals surface area contributed by atoms with Gasteiger partial charge in [-0.05, 0) is 55.3 Å². The summed E-state index contributed by atoms with van der Waals surface area (Å²) in [6.45, 7) is 11.4. The van der Waals surface area contributed by atoms with Crippen molar-refractivity contribution in [2.24, 2.45) is 10.7 Å². The zero-order valence-corrected chi connectivity index (χ0v) is 20.9. The van der Waals surface area contributed by atoms with Crippen molar-refractivity contribution in [1.82, 2.24) is 14.8 Å². The number of nitrogens with zero attached hydrogens (tertiary/aromatic N) is 4. The van der Waals surface area contributed by atoms with Crippen LogP contribution >= 0.6 is 0 Å². The van der Waals surface area contributed by atoms with Crippen LogP contribution in [0.1, 0.15) is 23.7 Å². The van der Waals surface area contributed by atoms with Crippen LogP contribution in [0.3, 0.4) is 0 Å². The average Bonchev–Trinajstić information content (AvgIpc) is 2.86. The van der Waals surface area contributed by atoms with Gasteiger partial charge in [0.15, 0.2) is 0 Å². The summed E-state index contributed by atoms with van der Waals surface area (Å²) in [6, 6.07) is 21.6. The third-order valence-electron chi connectivity index (χ3n) is 6.30. The zero-order valence-electron chi connectivity index (χ0n) is 20.9. The van der Waals surface area contributed by atoms with Crippen LogP contribution in [-0.2, 0) is 13.0 Å². The summed E-state index contributed by atoms with van der Waals surface area (Å²) in [4.78, 5) is 13.9. The molecule has 3 N–H and O–H groups in total. The van der Waals surface area contributed by atoms with E-state index in [0.29, 0.717) is 12.2 Å². The first-order chi connectivity index (χ1) is 16.9. The van der Waals surface area contributed by atoms with Gasteiger partial charge in [0, 0.05) is 55.9 Å². The molecule has 0 amide bonds. The van der Waals surface area contributed by atoms with E-state index in [-0.39, 0.29) is 0 Å². The summed E-state index contributed by atoms with van der Waals surface area (Å²) in [5.74, 6) is 0.821. The Morgan fingerprint density at radius 1 is 0.943 bits per heavy atom. The van der Waals surface area contributed by atoms with Crippen molar-refractivity contribution in [3.8, 4) is 11.1 Å². The van der Waals surface area contributed by atoms with Crippen molar-refractivity contribution in [3.63, 3.8) is 0 Å². The molecule has 182 valence electrons. The second-order valence-corrected chi connectivity index (χ2v) is 9.37. The summed E-state index contributed by atoms with van der Waals surface area (Å²) in [5.41, 5.74) is 13.2. The van der Waals surface area contributed by atoms with Crippen molar-refractivity contribution in [2.75, 3.05) is 45.1 Å². The molecule has 35 heavy (non-hydrogen) atoms. The highest BCUT2D eigenvalue weighted by atomic mass is 15.2. The monoisotopic (exact) mass is 468 g/mol. The van der Waals surface area contributed by atoms with Crippen LogP contribution in [0, 0.1) is 0 Å². The smallest absolute Gasteiger partial charge is 0.0980 e. The highest BCUT2D eigenvalue weighted by Gasteiger charge is 2.14. The highest BCUT2D eigenvalue weighted by molar-refractivity contribution is 5.93. The van der Waals surface area contributed by atoms with Crippen LogP contribution in [0.5, 0.6) is 0 Å². The zero-order chi connectivity index (χ0) is 24.6. The lowest BCUT2D eigenvalue weighted by molar-refractivity contribution is 0.147. The lowest BCUT2D eigenvalue weighted by Crippen LogP contribution is -2.43. The molecule has 1 aliphatic rings. The van der Waals surface area contributed by atoms with Crippen LogP contribution < -0.4 is 11.1 Å². The number of hydrogen-bond acceptors (Lipinski definition) is 5. The number of aliphatic imine (C=N–C) groups is 1. The molecule has 1 saturated heterocycles. The van der Waals surface area contributed by atoms with E-state index in [0.717, 1.165) is 61.9 Å². The molecule has 1 aromatic heterocycles. The maximum Gasteiger partial charge on any atom is 0.0980 e. The minimum atomic E-state index is 0.434. The van der Waals surface area contributed by atoms with Crippen molar-refractivity contribution in [3.05, 3.63) is 96.0 Å². The Labute approximate surface area is 209 Å². The Balaban J connectivity index is 1.31. The van der Waals surface area contributed by atoms with E-state index in [9.17, 15) is 0 Å². The predicted octanol–water partition coefficient (Wildman–Crippen LogP) is 4.39. The minimum absolute atomic E-state index is 0.434. The highest BCUT2D eigenvalue weighted by Crippen LogP contribution is 2.21. The number of anilines is 1. The molecule has 0 radical (unpaired) electrons. The quantitative estimate of drug-likeness (QED) is 0.379. The Morgan fingerprint density at radius 3 is 2.17 bits per heavy atom. The normalized spacial score (nSPS) is 15.2. The lowest BCUT2D eigenvalue weighted by Gasteiger charge is -2.32. The van der Waals surface area contributed by atoms with Crippen molar-refractivity contribution >= 4 is 11.5 Å². The molecule has 1 fully saturated rings. The molecule has 4 rings (SSSR count). The molecule has 3 aromatic rings. The van der Waals surface area contributed by atoms with Crippen molar-refractivity contribution < 1.29 is 0 Å². The molecule has 6 heteroatoms. The summed E-state index contributed by atoms with van der Waals surface area (Å²) in [5, 5.41) is 3.29. The number of nitrogens with one attached hydrogen (secondary N) is 1. The molecule has 0 bridgehead atoms. The number of piperazine rings is 1. The molecule has 0 saturated carbocycles. The van der Waals surface area contributed by atoms with Gasteiger partial charge < -0.3 is 16.0 Å². The third kappa shape index (κ3) is 7.50. The Morgan fingerprint density at radius 2 is 1.57 bits per heavy atom. The number of rotatable bonds is 8. The summed E-state index contributed by atoms with van der Waals surface area (Å²) >= 11 is 0. The molecule has 0 atom stereocenters. The lowest BCUT2D eigenvalue weighted by atomic mass is 10.0. The largest absolute Gasteiger partial charge is 0.401 e. The van der Waals surface area contributed by atoms with Gasteiger partial charge in [-0.15, -0.1) is 0 Å². The first-order valence-electron chi connectivity index (χ1n) is 12.2. The van der Waals surface area contributed by atoms with Crippen LogP contribution in [0.25, 0.3) is 11.1 Å². The molecular weight excluding hydrogens is 432 g/mol. The third-order valence-corrected chi connectivity index (χ3v) is 6.30. The van der Waals surface area contributed by atoms with Crippen LogP contribution in [0.4, 0.5) is 5.69 Å². The fourth-order valence-corrected chi connectivity index (χ4v) is 4.15. The Bertz CT molecular complexity index is 1130. The summed E-state index contributed by atoms with van der Waals surface area (Å²) in [6.07, 6.45) is 2.89. The van der Waals surface area contributed by atoms with Gasteiger partial charge in [-0.25, -0.2) is 0 Å². The Kier molecular flexibility index (Phi) is 8.29. The summed E-state index contributed by atoms with van der Waals surface area (Å²) < 4.78 is 0. The predicted molar refractivity (Wildman–Crippen MR) is 147 cm³/mol. The Hall–Kier alpha value is -3.48. The van der Waals surface area contributed by atoms with Gasteiger partial charge in [-0.1, -0.05) is 49.0 Å². The number of aromatic nitrogens is 1. The standard InChI is InChI=1S/C29H36N6/c1-22(30)19-31-23(2)33-28-11-6-25(7-12-28)18-24-4-8-26(9-5-24)27-10-13-29(32-20-27)21-35-16-14-34(3)15-17-35/h4-13,20H,1,14-19,21,30H2,2-3H3,(H,31,33). The van der Waals surface area contributed by atoms with E-state index in [2.05, 4.69) is 94.4 Å². The van der Waals surface area contributed by atoms with Crippen LogP contribution in [-0.4, -0.2) is 60.4 Å². The molecule has 0 spiro atoms. The van der Waals surface area contributed by atoms with Crippen LogP contribution in [0.15, 0.2) is 84.1 Å². The van der Waals surface area contributed by atoms with E-state index >= 15 is 0 Å². The minimum Gasteiger partial charge on any atom is -0.401 e. The number of pyridine rings is 1. The second kappa shape index (κ2) is 11.8. The summed E-state index contributed by atoms with van der Waals surface area (Å²) in [7, 11) is 2.19. The average molecular weight is 469 g/mol. The second-order valence-electron chi connectivity index (χ2n) is 9.37. The van der Waals surface area contributed by atoms with Crippen LogP contribution in [0.2, 0.25) is 0 Å². The number of benzene rings is 2. The number of nitrogens with two attached hydrogens (primary N) is 1.